The molecule has 3 unspecified atom stereocenters. The van der Waals surface area contributed by atoms with Gasteiger partial charge in [-0.15, -0.1) is 11.3 Å². The average molecular weight is 691 g/mol. The van der Waals surface area contributed by atoms with E-state index in [4.69, 9.17) is 15.2 Å². The molecule has 5 heterocycles. The van der Waals surface area contributed by atoms with Crippen LogP contribution in [0.15, 0.2) is 18.2 Å². The summed E-state index contributed by atoms with van der Waals surface area (Å²) in [4.78, 5) is 12.7. The van der Waals surface area contributed by atoms with Gasteiger partial charge in [-0.3, -0.25) is 4.90 Å². The van der Waals surface area contributed by atoms with Crippen molar-refractivity contribution in [2.45, 2.75) is 63.0 Å². The minimum absolute atomic E-state index is 0.0183. The van der Waals surface area contributed by atoms with Gasteiger partial charge < -0.3 is 20.1 Å². The van der Waals surface area contributed by atoms with Crippen LogP contribution < -0.4 is 15.4 Å². The first-order chi connectivity index (χ1) is 23.0. The fraction of sp³-hybridized carbons (Fsp3) is 0.485. The molecule has 8 nitrogen and oxygen atoms in total. The maximum absolute atomic E-state index is 17.0. The Bertz CT molecular complexity index is 1940. The lowest BCUT2D eigenvalue weighted by molar-refractivity contribution is -0.137. The quantitative estimate of drug-likeness (QED) is 0.203. The van der Waals surface area contributed by atoms with Crippen molar-refractivity contribution in [3.63, 3.8) is 0 Å². The number of benzene rings is 2. The van der Waals surface area contributed by atoms with E-state index >= 15 is 4.39 Å². The molecule has 2 aromatic heterocycles. The molecular weight excluding hydrogens is 658 g/mol. The number of likely N-dealkylation sites (N-methyl/N-ethyl adjacent to an activating group) is 1. The van der Waals surface area contributed by atoms with E-state index in [1.54, 1.807) is 4.90 Å². The van der Waals surface area contributed by atoms with Crippen LogP contribution in [0, 0.1) is 23.0 Å². The Morgan fingerprint density at radius 1 is 1.25 bits per heavy atom. The third kappa shape index (κ3) is 5.38. The highest BCUT2D eigenvalue weighted by Gasteiger charge is 2.49. The highest BCUT2D eigenvalue weighted by atomic mass is 32.1. The number of nitrogens with zero attached hydrogens (tertiary/aromatic N) is 5. The van der Waals surface area contributed by atoms with Crippen molar-refractivity contribution in [3.8, 4) is 23.2 Å². The molecule has 254 valence electrons. The highest BCUT2D eigenvalue weighted by Crippen LogP contribution is 2.48. The monoisotopic (exact) mass is 690 g/mol. The molecule has 0 aliphatic carbocycles. The molecule has 0 spiro atoms. The van der Waals surface area contributed by atoms with Crippen LogP contribution in [0.3, 0.4) is 0 Å². The van der Waals surface area contributed by atoms with Gasteiger partial charge >= 0.3 is 12.2 Å². The molecule has 0 radical (unpaired) electrons. The lowest BCUT2D eigenvalue weighted by Gasteiger charge is -2.35. The van der Waals surface area contributed by atoms with Crippen LogP contribution in [0.4, 0.5) is 37.2 Å². The summed E-state index contributed by atoms with van der Waals surface area (Å²) in [6.07, 6.45) is -2.92. The summed E-state index contributed by atoms with van der Waals surface area (Å²) in [5.74, 6) is -2.10. The molecule has 3 aliphatic heterocycles. The summed E-state index contributed by atoms with van der Waals surface area (Å²) in [6, 6.07) is 4.05. The van der Waals surface area contributed by atoms with Gasteiger partial charge in [-0.1, -0.05) is 6.07 Å². The second-order valence-electron chi connectivity index (χ2n) is 12.6. The number of alkyl halides is 4. The number of rotatable bonds is 7. The number of hydrogen-bond donors (Lipinski definition) is 1. The summed E-state index contributed by atoms with van der Waals surface area (Å²) in [6.45, 7) is 3.97. The van der Waals surface area contributed by atoms with Crippen LogP contribution in [0.5, 0.6) is 6.01 Å². The van der Waals surface area contributed by atoms with E-state index in [2.05, 4.69) is 9.97 Å². The number of ether oxygens (including phenoxy) is 2. The fourth-order valence-electron chi connectivity index (χ4n) is 7.67. The zero-order valence-corrected chi connectivity index (χ0v) is 26.8. The zero-order chi connectivity index (χ0) is 34.0. The third-order valence-electron chi connectivity index (χ3n) is 9.82. The van der Waals surface area contributed by atoms with Crippen molar-refractivity contribution >= 4 is 43.1 Å². The fourth-order valence-corrected chi connectivity index (χ4v) is 8.62. The second-order valence-corrected chi connectivity index (χ2v) is 13.7. The van der Waals surface area contributed by atoms with E-state index in [1.807, 2.05) is 17.9 Å². The molecule has 3 atom stereocenters. The van der Waals surface area contributed by atoms with E-state index in [1.165, 1.54) is 0 Å². The number of thiophene rings is 1. The number of nitrogens with two attached hydrogens (primary N) is 1. The smallest absolute Gasteiger partial charge is 0.417 e. The molecule has 0 amide bonds. The first-order valence-electron chi connectivity index (χ1n) is 15.8. The number of anilines is 2. The summed E-state index contributed by atoms with van der Waals surface area (Å²) < 4.78 is 103. The number of hydrogen-bond acceptors (Lipinski definition) is 9. The summed E-state index contributed by atoms with van der Waals surface area (Å²) in [5.41, 5.74) is 2.09. The van der Waals surface area contributed by atoms with Crippen molar-refractivity contribution in [3.05, 3.63) is 41.0 Å². The molecule has 2 N–H and O–H groups in total. The topological polar surface area (TPSA) is 101 Å². The third-order valence-corrected chi connectivity index (χ3v) is 10.8. The molecule has 2 aromatic carbocycles. The molecule has 7 rings (SSSR count). The minimum atomic E-state index is -5.08. The van der Waals surface area contributed by atoms with E-state index in [0.29, 0.717) is 56.9 Å². The maximum Gasteiger partial charge on any atom is 0.417 e. The zero-order valence-electron chi connectivity index (χ0n) is 26.0. The van der Waals surface area contributed by atoms with Crippen LogP contribution in [-0.4, -0.2) is 72.1 Å². The van der Waals surface area contributed by atoms with Gasteiger partial charge in [0.05, 0.1) is 34.0 Å². The Kier molecular flexibility index (Phi) is 8.32. The van der Waals surface area contributed by atoms with E-state index in [9.17, 15) is 27.2 Å². The summed E-state index contributed by atoms with van der Waals surface area (Å²) in [5, 5.41) is 9.29. The Labute approximate surface area is 276 Å². The number of nitriles is 1. The van der Waals surface area contributed by atoms with Crippen molar-refractivity contribution in [2.75, 3.05) is 50.1 Å². The Balaban J connectivity index is 1.47. The van der Waals surface area contributed by atoms with Gasteiger partial charge in [0.15, 0.2) is 5.82 Å². The minimum Gasteiger partial charge on any atom is -0.461 e. The maximum atomic E-state index is 17.0. The van der Waals surface area contributed by atoms with Gasteiger partial charge in [-0.05, 0) is 56.8 Å². The van der Waals surface area contributed by atoms with Gasteiger partial charge in [0, 0.05) is 42.5 Å². The van der Waals surface area contributed by atoms with Gasteiger partial charge in [-0.25, -0.2) is 13.2 Å². The Hall–Kier alpha value is -3.87. The molecule has 0 saturated carbocycles. The standard InChI is InChI=1S/C33H32F6N6O2S/c1-2-45(18-5-3-10-46-15-18)30-20-11-22(33(37,38)39)25(19-6-7-23(35)28-24(19)21(13-40)29(41)48-28)26(36)27(20)42-31(43-30)47-16-32-8-4-9-44(32)14-17(34)12-32/h6-7,11,17-18H,2-5,8-10,12,14-16,41H2,1H3. The highest BCUT2D eigenvalue weighted by molar-refractivity contribution is 7.23. The average Bonchev–Trinajstić information content (AvgIpc) is 3.70. The van der Waals surface area contributed by atoms with Gasteiger partial charge in [0.2, 0.25) is 0 Å². The molecule has 3 saturated heterocycles. The molecule has 3 aliphatic rings. The molecule has 3 fully saturated rings. The number of nitrogen functional groups attached to an aromatic ring is 1. The van der Waals surface area contributed by atoms with Crippen molar-refractivity contribution in [2.24, 2.45) is 0 Å². The Morgan fingerprint density at radius 2 is 2.06 bits per heavy atom. The van der Waals surface area contributed by atoms with E-state index in [0.717, 1.165) is 24.6 Å². The number of aromatic nitrogens is 2. The number of halogens is 6. The predicted octanol–water partition coefficient (Wildman–Crippen LogP) is 7.22. The van der Waals surface area contributed by atoms with Crippen LogP contribution >= 0.6 is 11.3 Å². The summed E-state index contributed by atoms with van der Waals surface area (Å²) in [7, 11) is 0. The Morgan fingerprint density at radius 3 is 2.77 bits per heavy atom. The van der Waals surface area contributed by atoms with Crippen LogP contribution in [0.2, 0.25) is 0 Å². The summed E-state index contributed by atoms with van der Waals surface area (Å²) >= 11 is 0.697. The van der Waals surface area contributed by atoms with Crippen molar-refractivity contribution < 1.29 is 35.8 Å². The second kappa shape index (κ2) is 12.2. The largest absolute Gasteiger partial charge is 0.461 e. The van der Waals surface area contributed by atoms with Crippen LogP contribution in [0.1, 0.15) is 50.2 Å². The molecule has 4 aromatic rings. The lowest BCUT2D eigenvalue weighted by Crippen LogP contribution is -2.44. The predicted molar refractivity (Wildman–Crippen MR) is 170 cm³/mol. The lowest BCUT2D eigenvalue weighted by atomic mass is 9.92. The first kappa shape index (κ1) is 32.7. The first-order valence-corrected chi connectivity index (χ1v) is 16.7. The van der Waals surface area contributed by atoms with Gasteiger partial charge in [0.1, 0.15) is 41.0 Å². The molecule has 15 heteroatoms. The van der Waals surface area contributed by atoms with Gasteiger partial charge in [0.25, 0.3) is 0 Å². The molecule has 0 bridgehead atoms. The molecular formula is C33H32F6N6O2S. The SMILES string of the molecule is CCN(c1nc(OCC23CCCN2CC(F)C3)nc2c(F)c(-c3ccc(F)c4sc(N)c(C#N)c34)c(C(F)(F)F)cc12)C1CCCOC1. The van der Waals surface area contributed by atoms with Gasteiger partial charge in [-0.2, -0.15) is 28.4 Å². The molecule has 48 heavy (non-hydrogen) atoms. The van der Waals surface area contributed by atoms with E-state index in [-0.39, 0.29) is 69.0 Å². The number of fused-ring (bicyclic) bond motifs is 3. The van der Waals surface area contributed by atoms with Crippen LogP contribution in [-0.2, 0) is 10.9 Å². The van der Waals surface area contributed by atoms with E-state index < -0.39 is 46.2 Å². The normalized spacial score (nSPS) is 23.1. The van der Waals surface area contributed by atoms with Crippen molar-refractivity contribution in [1.29, 1.82) is 5.26 Å². The van der Waals surface area contributed by atoms with Crippen LogP contribution in [0.25, 0.3) is 32.1 Å². The van der Waals surface area contributed by atoms with Crippen molar-refractivity contribution in [1.82, 2.24) is 14.9 Å².